The Morgan fingerprint density at radius 1 is 1.46 bits per heavy atom. The first kappa shape index (κ1) is 12.2. The van der Waals surface area contributed by atoms with Gasteiger partial charge >= 0.3 is 0 Å². The second-order valence-corrected chi connectivity index (χ2v) is 2.99. The van der Waals surface area contributed by atoms with Crippen molar-refractivity contribution < 1.29 is 0 Å². The molecule has 1 nitrogen and oxygen atoms in total. The van der Waals surface area contributed by atoms with Crippen LogP contribution >= 0.6 is 12.4 Å². The Balaban J connectivity index is 0.00000144. The van der Waals surface area contributed by atoms with Crippen molar-refractivity contribution in [2.24, 2.45) is 5.73 Å². The van der Waals surface area contributed by atoms with E-state index in [-0.39, 0.29) is 18.4 Å². The predicted octanol–water partition coefficient (Wildman–Crippen LogP) is 2.99. The third-order valence-corrected chi connectivity index (χ3v) is 2.01. The van der Waals surface area contributed by atoms with E-state index in [1.54, 1.807) is 0 Å². The molecule has 0 fully saturated rings. The highest BCUT2D eigenvalue weighted by Gasteiger charge is 2.04. The molecule has 1 aromatic carbocycles. The van der Waals surface area contributed by atoms with Crippen molar-refractivity contribution in [3.8, 4) is 0 Å². The second-order valence-electron chi connectivity index (χ2n) is 2.99. The first-order chi connectivity index (χ1) is 5.75. The lowest BCUT2D eigenvalue weighted by Crippen LogP contribution is -2.10. The Morgan fingerprint density at radius 3 is 2.62 bits per heavy atom. The van der Waals surface area contributed by atoms with Gasteiger partial charge in [-0.1, -0.05) is 30.3 Å². The fourth-order valence-corrected chi connectivity index (χ4v) is 1.31. The third kappa shape index (κ3) is 3.21. The third-order valence-electron chi connectivity index (χ3n) is 2.01. The first-order valence-corrected chi connectivity index (χ1v) is 4.17. The summed E-state index contributed by atoms with van der Waals surface area (Å²) in [6.07, 6.45) is 2.70. The molecule has 1 rings (SSSR count). The number of nitrogens with two attached hydrogens (primary N) is 1. The predicted molar refractivity (Wildman–Crippen MR) is 60.2 cm³/mol. The van der Waals surface area contributed by atoms with Crippen molar-refractivity contribution in [3.05, 3.63) is 48.0 Å². The zero-order valence-electron chi connectivity index (χ0n) is 7.86. The van der Waals surface area contributed by atoms with Crippen molar-refractivity contribution in [1.82, 2.24) is 0 Å². The largest absolute Gasteiger partial charge is 0.324 e. The van der Waals surface area contributed by atoms with E-state index < -0.39 is 0 Å². The van der Waals surface area contributed by atoms with Gasteiger partial charge in [0.15, 0.2) is 0 Å². The van der Waals surface area contributed by atoms with Gasteiger partial charge in [-0.05, 0) is 24.5 Å². The summed E-state index contributed by atoms with van der Waals surface area (Å²) in [6, 6.07) is 8.30. The molecule has 1 atom stereocenters. The summed E-state index contributed by atoms with van der Waals surface area (Å²) in [5, 5.41) is 0. The van der Waals surface area contributed by atoms with Gasteiger partial charge in [0, 0.05) is 6.04 Å². The van der Waals surface area contributed by atoms with Crippen LogP contribution in [0.15, 0.2) is 36.9 Å². The topological polar surface area (TPSA) is 26.0 Å². The van der Waals surface area contributed by atoms with Gasteiger partial charge in [-0.25, -0.2) is 0 Å². The van der Waals surface area contributed by atoms with E-state index in [4.69, 9.17) is 5.73 Å². The molecule has 0 bridgehead atoms. The number of rotatable bonds is 3. The van der Waals surface area contributed by atoms with Gasteiger partial charge in [-0.2, -0.15) is 0 Å². The monoisotopic (exact) mass is 197 g/mol. The van der Waals surface area contributed by atoms with Crippen molar-refractivity contribution >= 4 is 12.4 Å². The minimum atomic E-state index is 0. The van der Waals surface area contributed by atoms with E-state index in [0.29, 0.717) is 0 Å². The van der Waals surface area contributed by atoms with Crippen LogP contribution in [0.1, 0.15) is 23.6 Å². The molecule has 0 saturated heterocycles. The Kier molecular flexibility index (Phi) is 5.44. The molecule has 0 heterocycles. The smallest absolute Gasteiger partial charge is 0.0332 e. The molecule has 2 N–H and O–H groups in total. The molecule has 0 aromatic heterocycles. The van der Waals surface area contributed by atoms with Gasteiger partial charge in [-0.15, -0.1) is 19.0 Å². The van der Waals surface area contributed by atoms with E-state index in [1.807, 2.05) is 18.2 Å². The molecule has 2 heteroatoms. The van der Waals surface area contributed by atoms with Crippen LogP contribution in [-0.2, 0) is 0 Å². The maximum Gasteiger partial charge on any atom is 0.0332 e. The number of benzene rings is 1. The molecule has 1 aromatic rings. The first-order valence-electron chi connectivity index (χ1n) is 4.17. The summed E-state index contributed by atoms with van der Waals surface area (Å²) >= 11 is 0. The van der Waals surface area contributed by atoms with E-state index in [0.717, 1.165) is 6.42 Å². The van der Waals surface area contributed by atoms with Gasteiger partial charge in [0.1, 0.15) is 0 Å². The number of halogens is 1. The van der Waals surface area contributed by atoms with E-state index >= 15 is 0 Å². The van der Waals surface area contributed by atoms with Crippen molar-refractivity contribution in [3.63, 3.8) is 0 Å². The Bertz CT molecular complexity index is 271. The number of hydrogen-bond acceptors (Lipinski definition) is 1. The van der Waals surface area contributed by atoms with Crippen LogP contribution in [0.5, 0.6) is 0 Å². The Labute approximate surface area is 86.1 Å². The lowest BCUT2D eigenvalue weighted by atomic mass is 10.00. The van der Waals surface area contributed by atoms with E-state index in [1.165, 1.54) is 11.1 Å². The van der Waals surface area contributed by atoms with Crippen LogP contribution in [0, 0.1) is 6.92 Å². The van der Waals surface area contributed by atoms with Gasteiger partial charge in [-0.3, -0.25) is 0 Å². The maximum absolute atomic E-state index is 5.94. The molecule has 13 heavy (non-hydrogen) atoms. The minimum Gasteiger partial charge on any atom is -0.324 e. The van der Waals surface area contributed by atoms with Crippen LogP contribution in [0.25, 0.3) is 0 Å². The van der Waals surface area contributed by atoms with E-state index in [2.05, 4.69) is 25.6 Å². The van der Waals surface area contributed by atoms with Crippen LogP contribution in [0.2, 0.25) is 0 Å². The molecule has 0 unspecified atom stereocenters. The second kappa shape index (κ2) is 5.79. The Morgan fingerprint density at radius 2 is 2.08 bits per heavy atom. The lowest BCUT2D eigenvalue weighted by molar-refractivity contribution is 0.736. The van der Waals surface area contributed by atoms with E-state index in [9.17, 15) is 0 Å². The van der Waals surface area contributed by atoms with Crippen molar-refractivity contribution in [1.29, 1.82) is 0 Å². The molecule has 0 aliphatic rings. The lowest BCUT2D eigenvalue weighted by Gasteiger charge is -2.11. The van der Waals surface area contributed by atoms with Crippen LogP contribution in [-0.4, -0.2) is 0 Å². The van der Waals surface area contributed by atoms with Gasteiger partial charge in [0.05, 0.1) is 0 Å². The molecule has 0 aliphatic heterocycles. The quantitative estimate of drug-likeness (QED) is 0.741. The Hall–Kier alpha value is -0.790. The number of hydrogen-bond donors (Lipinski definition) is 1. The van der Waals surface area contributed by atoms with Crippen molar-refractivity contribution in [2.45, 2.75) is 19.4 Å². The summed E-state index contributed by atoms with van der Waals surface area (Å²) in [7, 11) is 0. The SMILES string of the molecule is C=CC[C@H](N)c1ccccc1C.Cl. The highest BCUT2D eigenvalue weighted by Crippen LogP contribution is 2.17. The molecule has 0 saturated carbocycles. The summed E-state index contributed by atoms with van der Waals surface area (Å²) in [5.74, 6) is 0. The molecular weight excluding hydrogens is 182 g/mol. The molecule has 0 radical (unpaired) electrons. The number of aryl methyl sites for hydroxylation is 1. The zero-order chi connectivity index (χ0) is 8.97. The van der Waals surface area contributed by atoms with Crippen LogP contribution in [0.3, 0.4) is 0 Å². The van der Waals surface area contributed by atoms with Gasteiger partial charge in [0.2, 0.25) is 0 Å². The average Bonchev–Trinajstić information content (AvgIpc) is 2.05. The normalized spacial score (nSPS) is 11.5. The molecule has 0 amide bonds. The molecule has 72 valence electrons. The maximum atomic E-state index is 5.94. The van der Waals surface area contributed by atoms with Gasteiger partial charge in [0.25, 0.3) is 0 Å². The standard InChI is InChI=1S/C11H15N.ClH/c1-3-6-11(12)10-8-5-4-7-9(10)2;/h3-5,7-8,11H,1,6,12H2,2H3;1H/t11-;/m0./s1. The highest BCUT2D eigenvalue weighted by atomic mass is 35.5. The molecule has 0 spiro atoms. The summed E-state index contributed by atoms with van der Waals surface area (Å²) in [6.45, 7) is 5.76. The minimum absolute atomic E-state index is 0. The van der Waals surface area contributed by atoms with Crippen molar-refractivity contribution in [2.75, 3.05) is 0 Å². The molecular formula is C11H16ClN. The fourth-order valence-electron chi connectivity index (χ4n) is 1.31. The molecule has 0 aliphatic carbocycles. The van der Waals surface area contributed by atoms with Gasteiger partial charge < -0.3 is 5.73 Å². The average molecular weight is 198 g/mol. The summed E-state index contributed by atoms with van der Waals surface area (Å²) in [4.78, 5) is 0. The summed E-state index contributed by atoms with van der Waals surface area (Å²) in [5.41, 5.74) is 8.41. The zero-order valence-corrected chi connectivity index (χ0v) is 8.68. The van der Waals surface area contributed by atoms with Crippen LogP contribution < -0.4 is 5.73 Å². The summed E-state index contributed by atoms with van der Waals surface area (Å²) < 4.78 is 0. The highest BCUT2D eigenvalue weighted by molar-refractivity contribution is 5.85. The fraction of sp³-hybridized carbons (Fsp3) is 0.273. The van der Waals surface area contributed by atoms with Crippen LogP contribution in [0.4, 0.5) is 0 Å².